The minimum atomic E-state index is -1.05. The molecule has 3 saturated heterocycles. The number of fused-ring (bicyclic) bond motifs is 6. The van der Waals surface area contributed by atoms with Crippen molar-refractivity contribution >= 4 is 40.5 Å². The fourth-order valence-electron chi connectivity index (χ4n) is 10.7. The highest BCUT2D eigenvalue weighted by atomic mass is 16.5. The third kappa shape index (κ3) is 10.2. The number of likely N-dealkylation sites (tertiary alicyclic amines) is 2. The standard InChI is InChI=1S/C56H72N8O7/c1-12-62-45-21-20-39-30-41(45)42(49(62)40-18-14-25-57-47(40)36(4)70-11)31-54(5,6)34-71-52(68)43-19-15-26-64(59-43)51(67)44(29-37-16-13-17-38(39)28-37)58-50(66)48(35(2)3)63-27-24-56(53(63)69)32-61(33-56)46(65)22-23-55(7,8)60(9)10/h13-14,16-18,20-21,25,28,30,35-36,43-44,48,59H,12,15,19,24,26-27,29,31-34H2,1-11H3,(H,58,66)/t36-,43-,44-,48-/m0/s1. The Morgan fingerprint density at radius 2 is 1.77 bits per heavy atom. The molecule has 0 saturated carbocycles. The number of benzene rings is 2. The summed E-state index contributed by atoms with van der Waals surface area (Å²) in [5.74, 6) is 3.75. The van der Waals surface area contributed by atoms with Gasteiger partial charge in [-0.05, 0) is 126 Å². The Morgan fingerprint density at radius 3 is 2.48 bits per heavy atom. The van der Waals surface area contributed by atoms with Crippen LogP contribution in [0.5, 0.6) is 0 Å². The lowest BCUT2D eigenvalue weighted by Gasteiger charge is -2.46. The van der Waals surface area contributed by atoms with Crippen LogP contribution in [0.4, 0.5) is 0 Å². The second-order valence-corrected chi connectivity index (χ2v) is 21.9. The van der Waals surface area contributed by atoms with Gasteiger partial charge in [0, 0.05) is 74.3 Å². The molecule has 3 fully saturated rings. The molecule has 6 bridgehead atoms. The van der Waals surface area contributed by atoms with E-state index < -0.39 is 52.3 Å². The van der Waals surface area contributed by atoms with E-state index in [0.29, 0.717) is 45.3 Å². The van der Waals surface area contributed by atoms with Crippen molar-refractivity contribution in [1.82, 2.24) is 40.0 Å². The van der Waals surface area contributed by atoms with E-state index in [0.717, 1.165) is 50.1 Å². The molecule has 1 spiro atoms. The summed E-state index contributed by atoms with van der Waals surface area (Å²) in [4.78, 5) is 81.1. The third-order valence-electron chi connectivity index (χ3n) is 15.3. The molecule has 0 radical (unpaired) electrons. The molecule has 0 unspecified atom stereocenters. The smallest absolute Gasteiger partial charge is 0.324 e. The van der Waals surface area contributed by atoms with Crippen LogP contribution in [-0.4, -0.2) is 137 Å². The normalized spacial score (nSPS) is 21.1. The number of nitrogens with zero attached hydrogens (tertiary/aromatic N) is 6. The highest BCUT2D eigenvalue weighted by molar-refractivity contribution is 5.99. The van der Waals surface area contributed by atoms with Crippen LogP contribution in [0.15, 0.2) is 60.8 Å². The molecule has 8 rings (SSSR count). The second-order valence-electron chi connectivity index (χ2n) is 21.9. The number of ether oxygens (including phenoxy) is 2. The molecule has 2 N–H and O–H groups in total. The third-order valence-corrected chi connectivity index (χ3v) is 15.3. The van der Waals surface area contributed by atoms with Crippen LogP contribution in [0, 0.1) is 28.6 Å². The SMILES string of the molecule is CCn1c(-c2cccnc2[C@H](C)OC)c2c3cc(ccc31)-c1cccc(c1)C[C@H](NC(=O)[C@H](C(C)C)N1CCC3(CN(C(=O)C#CC(C)(C)N(C)C)C3)C1=O)C(=O)N1CCC[C@H](N1)C(=O)OCC(C)(C)C2. The summed E-state index contributed by atoms with van der Waals surface area (Å²) in [7, 11) is 5.50. The Labute approximate surface area is 418 Å². The predicted molar refractivity (Wildman–Crippen MR) is 273 cm³/mol. The summed E-state index contributed by atoms with van der Waals surface area (Å²) in [5, 5.41) is 5.64. The molecule has 378 valence electrons. The van der Waals surface area contributed by atoms with Gasteiger partial charge in [0.05, 0.1) is 35.1 Å². The quantitative estimate of drug-likeness (QED) is 0.147. The number of amides is 4. The molecular weight excluding hydrogens is 897 g/mol. The van der Waals surface area contributed by atoms with Gasteiger partial charge in [-0.2, -0.15) is 0 Å². The van der Waals surface area contributed by atoms with E-state index in [1.165, 1.54) is 5.01 Å². The lowest BCUT2D eigenvalue weighted by molar-refractivity contribution is -0.155. The van der Waals surface area contributed by atoms with Crippen molar-refractivity contribution in [2.45, 2.75) is 124 Å². The van der Waals surface area contributed by atoms with Crippen molar-refractivity contribution in [2.75, 3.05) is 54.0 Å². The topological polar surface area (TPSA) is 159 Å². The van der Waals surface area contributed by atoms with E-state index in [1.54, 1.807) is 23.1 Å². The van der Waals surface area contributed by atoms with E-state index in [9.17, 15) is 24.0 Å². The number of hydrogen-bond acceptors (Lipinski definition) is 10. The minimum absolute atomic E-state index is 0.135. The van der Waals surface area contributed by atoms with Crippen molar-refractivity contribution in [3.63, 3.8) is 0 Å². The van der Waals surface area contributed by atoms with Gasteiger partial charge in [0.2, 0.25) is 11.8 Å². The van der Waals surface area contributed by atoms with Gasteiger partial charge in [-0.3, -0.25) is 38.9 Å². The number of aryl methyl sites for hydroxylation is 1. The second kappa shape index (κ2) is 20.2. The van der Waals surface area contributed by atoms with Gasteiger partial charge >= 0.3 is 5.97 Å². The van der Waals surface area contributed by atoms with Gasteiger partial charge < -0.3 is 29.2 Å². The number of pyridine rings is 1. The van der Waals surface area contributed by atoms with Gasteiger partial charge in [-0.1, -0.05) is 63.9 Å². The lowest BCUT2D eigenvalue weighted by atomic mass is 9.78. The maximum absolute atomic E-state index is 14.8. The van der Waals surface area contributed by atoms with Crippen molar-refractivity contribution in [3.8, 4) is 34.2 Å². The first-order valence-corrected chi connectivity index (χ1v) is 25.2. The van der Waals surface area contributed by atoms with Gasteiger partial charge in [-0.25, -0.2) is 5.43 Å². The molecule has 4 aliphatic heterocycles. The van der Waals surface area contributed by atoms with E-state index in [4.69, 9.17) is 14.5 Å². The number of esters is 1. The van der Waals surface area contributed by atoms with Gasteiger partial charge in [0.15, 0.2) is 0 Å². The largest absolute Gasteiger partial charge is 0.464 e. The van der Waals surface area contributed by atoms with Crippen LogP contribution in [0.3, 0.4) is 0 Å². The summed E-state index contributed by atoms with van der Waals surface area (Å²) in [6.45, 7) is 18.0. The number of methoxy groups -OCH3 is 1. The summed E-state index contributed by atoms with van der Waals surface area (Å²) in [6.07, 6.45) is 3.79. The zero-order chi connectivity index (χ0) is 51.2. The Bertz CT molecular complexity index is 2780. The molecule has 4 atom stereocenters. The Morgan fingerprint density at radius 1 is 1.03 bits per heavy atom. The van der Waals surface area contributed by atoms with Crippen molar-refractivity contribution in [1.29, 1.82) is 0 Å². The maximum atomic E-state index is 14.8. The van der Waals surface area contributed by atoms with Crippen LogP contribution in [-0.2, 0) is 52.8 Å². The number of carbonyl (C=O) groups excluding carboxylic acids is 5. The van der Waals surface area contributed by atoms with Gasteiger partial charge in [0.1, 0.15) is 18.1 Å². The molecule has 4 aliphatic rings. The number of aromatic nitrogens is 2. The molecule has 15 heteroatoms. The predicted octanol–water partition coefficient (Wildman–Crippen LogP) is 6.18. The molecule has 71 heavy (non-hydrogen) atoms. The van der Waals surface area contributed by atoms with E-state index in [2.05, 4.69) is 84.3 Å². The van der Waals surface area contributed by atoms with Crippen LogP contribution in [0.25, 0.3) is 33.3 Å². The number of cyclic esters (lactones) is 1. The number of hydrazine groups is 1. The Hall–Kier alpha value is -6.08. The summed E-state index contributed by atoms with van der Waals surface area (Å²) in [6, 6.07) is 15.9. The van der Waals surface area contributed by atoms with E-state index in [-0.39, 0.29) is 50.0 Å². The first-order valence-electron chi connectivity index (χ1n) is 25.2. The van der Waals surface area contributed by atoms with Crippen LogP contribution in [0.2, 0.25) is 0 Å². The molecular formula is C56H72N8O7. The zero-order valence-electron chi connectivity index (χ0n) is 43.5. The average molecular weight is 969 g/mol. The monoisotopic (exact) mass is 969 g/mol. The number of rotatable bonds is 9. The number of hydrogen-bond donors (Lipinski definition) is 2. The fraction of sp³-hybridized carbons (Fsp3) is 0.536. The van der Waals surface area contributed by atoms with Gasteiger partial charge in [0.25, 0.3) is 11.8 Å². The first kappa shape index (κ1) is 51.3. The molecule has 2 aromatic carbocycles. The summed E-state index contributed by atoms with van der Waals surface area (Å²) < 4.78 is 14.3. The average Bonchev–Trinajstić information content (AvgIpc) is 3.83. The molecule has 4 aromatic rings. The highest BCUT2D eigenvalue weighted by Gasteiger charge is 2.58. The van der Waals surface area contributed by atoms with E-state index in [1.807, 2.05) is 71.8 Å². The summed E-state index contributed by atoms with van der Waals surface area (Å²) >= 11 is 0. The van der Waals surface area contributed by atoms with Gasteiger partial charge in [-0.15, -0.1) is 0 Å². The molecule has 15 nitrogen and oxygen atoms in total. The minimum Gasteiger partial charge on any atom is -0.464 e. The van der Waals surface area contributed by atoms with Crippen LogP contribution >= 0.6 is 0 Å². The fourth-order valence-corrected chi connectivity index (χ4v) is 10.7. The van der Waals surface area contributed by atoms with Crippen LogP contribution < -0.4 is 10.7 Å². The molecule has 4 amide bonds. The first-order chi connectivity index (χ1) is 33.7. The molecule has 0 aliphatic carbocycles. The lowest BCUT2D eigenvalue weighted by Crippen LogP contribution is -2.64. The van der Waals surface area contributed by atoms with Crippen molar-refractivity contribution < 1.29 is 33.4 Å². The molecule has 2 aromatic heterocycles. The van der Waals surface area contributed by atoms with E-state index >= 15 is 0 Å². The maximum Gasteiger partial charge on any atom is 0.324 e. The number of carbonyl (C=O) groups is 5. The zero-order valence-corrected chi connectivity index (χ0v) is 43.5. The highest BCUT2D eigenvalue weighted by Crippen LogP contribution is 2.44. The van der Waals surface area contributed by atoms with Crippen LogP contribution in [0.1, 0.15) is 97.6 Å². The number of nitrogens with one attached hydrogen (secondary N) is 2. The van der Waals surface area contributed by atoms with Crippen molar-refractivity contribution in [2.24, 2.45) is 16.7 Å². The molecule has 6 heterocycles. The Kier molecular flexibility index (Phi) is 14.6. The summed E-state index contributed by atoms with van der Waals surface area (Å²) in [5.41, 5.74) is 9.21. The Balaban J connectivity index is 1.13. The van der Waals surface area contributed by atoms with Crippen molar-refractivity contribution in [3.05, 3.63) is 77.6 Å².